The summed E-state index contributed by atoms with van der Waals surface area (Å²) in [6.45, 7) is 10.6. The molecule has 0 aromatic carbocycles. The third-order valence-electron chi connectivity index (χ3n) is 6.88. The number of nitrogens with one attached hydrogen (secondary N) is 1. The molecule has 1 amide bonds. The van der Waals surface area contributed by atoms with Crippen LogP contribution < -0.4 is 10.9 Å². The van der Waals surface area contributed by atoms with Crippen LogP contribution in [-0.2, 0) is 16.5 Å². The van der Waals surface area contributed by atoms with Crippen LogP contribution in [0.25, 0.3) is 0 Å². The van der Waals surface area contributed by atoms with Gasteiger partial charge < -0.3 is 9.88 Å². The Morgan fingerprint density at radius 3 is 2.48 bits per heavy atom. The quantitative estimate of drug-likeness (QED) is 0.837. The van der Waals surface area contributed by atoms with E-state index in [4.69, 9.17) is 0 Å². The average molecular weight is 402 g/mol. The van der Waals surface area contributed by atoms with E-state index in [2.05, 4.69) is 10.2 Å². The SMILES string of the molecule is CC1(C)CC(NC(=O)CN2C[C@H]3C[C@@H](C2)c2cccc(=O)n2C3)CC(C)(C)N1[O]. The maximum atomic E-state index is 12.8. The first-order valence-corrected chi connectivity index (χ1v) is 10.7. The van der Waals surface area contributed by atoms with Gasteiger partial charge in [0.1, 0.15) is 0 Å². The number of hydrogen-bond acceptors (Lipinski definition) is 4. The highest BCUT2D eigenvalue weighted by Crippen LogP contribution is 2.37. The average Bonchev–Trinajstić information content (AvgIpc) is 2.60. The predicted molar refractivity (Wildman–Crippen MR) is 110 cm³/mol. The highest BCUT2D eigenvalue weighted by molar-refractivity contribution is 5.78. The maximum Gasteiger partial charge on any atom is 0.250 e. The van der Waals surface area contributed by atoms with Gasteiger partial charge in [0, 0.05) is 54.4 Å². The number of fused-ring (bicyclic) bond motifs is 4. The molecule has 4 heterocycles. The van der Waals surface area contributed by atoms with Crippen molar-refractivity contribution < 1.29 is 10.0 Å². The maximum absolute atomic E-state index is 12.8. The van der Waals surface area contributed by atoms with E-state index in [1.165, 1.54) is 5.06 Å². The Morgan fingerprint density at radius 1 is 1.10 bits per heavy atom. The van der Waals surface area contributed by atoms with E-state index in [-0.39, 0.29) is 17.5 Å². The molecule has 1 N–H and O–H groups in total. The van der Waals surface area contributed by atoms with E-state index in [1.807, 2.05) is 44.4 Å². The molecule has 159 valence electrons. The highest BCUT2D eigenvalue weighted by Gasteiger charge is 2.46. The Morgan fingerprint density at radius 2 is 1.79 bits per heavy atom. The first-order chi connectivity index (χ1) is 13.5. The molecule has 0 unspecified atom stereocenters. The summed E-state index contributed by atoms with van der Waals surface area (Å²) in [5.41, 5.74) is 0.209. The van der Waals surface area contributed by atoms with Crippen molar-refractivity contribution in [1.29, 1.82) is 0 Å². The van der Waals surface area contributed by atoms with Crippen LogP contribution in [0, 0.1) is 5.92 Å². The number of hydroxylamine groups is 2. The third-order valence-corrected chi connectivity index (χ3v) is 6.88. The third kappa shape index (κ3) is 4.00. The lowest BCUT2D eigenvalue weighted by atomic mass is 9.79. The summed E-state index contributed by atoms with van der Waals surface area (Å²) in [5.74, 6) is 0.757. The molecule has 7 heteroatoms. The van der Waals surface area contributed by atoms with Crippen LogP contribution in [-0.4, -0.2) is 57.2 Å². The van der Waals surface area contributed by atoms with Crippen molar-refractivity contribution in [1.82, 2.24) is 19.8 Å². The molecule has 2 bridgehead atoms. The largest absolute Gasteiger partial charge is 0.352 e. The van der Waals surface area contributed by atoms with Crippen LogP contribution in [0.5, 0.6) is 0 Å². The van der Waals surface area contributed by atoms with Crippen molar-refractivity contribution in [2.75, 3.05) is 19.6 Å². The van der Waals surface area contributed by atoms with Crippen LogP contribution in [0.15, 0.2) is 23.0 Å². The van der Waals surface area contributed by atoms with Crippen molar-refractivity contribution in [2.45, 2.75) is 76.5 Å². The van der Waals surface area contributed by atoms with E-state index in [0.717, 1.165) is 31.7 Å². The summed E-state index contributed by atoms with van der Waals surface area (Å²) in [7, 11) is 0. The van der Waals surface area contributed by atoms with E-state index >= 15 is 0 Å². The summed E-state index contributed by atoms with van der Waals surface area (Å²) in [6.07, 6.45) is 2.41. The fraction of sp³-hybridized carbons (Fsp3) is 0.727. The minimum atomic E-state index is -0.487. The summed E-state index contributed by atoms with van der Waals surface area (Å²) < 4.78 is 1.91. The minimum absolute atomic E-state index is 0.0151. The number of carbonyl (C=O) groups excluding carboxylic acids is 1. The lowest BCUT2D eigenvalue weighted by Crippen LogP contribution is -2.62. The van der Waals surface area contributed by atoms with Gasteiger partial charge in [-0.1, -0.05) is 6.07 Å². The van der Waals surface area contributed by atoms with Crippen molar-refractivity contribution in [2.24, 2.45) is 5.92 Å². The van der Waals surface area contributed by atoms with Crippen molar-refractivity contribution in [3.05, 3.63) is 34.2 Å². The van der Waals surface area contributed by atoms with Crippen LogP contribution in [0.1, 0.15) is 58.6 Å². The molecule has 3 aliphatic heterocycles. The monoisotopic (exact) mass is 401 g/mol. The summed E-state index contributed by atoms with van der Waals surface area (Å²) in [4.78, 5) is 27.2. The van der Waals surface area contributed by atoms with Crippen molar-refractivity contribution in [3.8, 4) is 0 Å². The zero-order valence-electron chi connectivity index (χ0n) is 18.0. The van der Waals surface area contributed by atoms with Gasteiger partial charge in [0.15, 0.2) is 0 Å². The second-order valence-electron chi connectivity index (χ2n) is 10.5. The van der Waals surface area contributed by atoms with Crippen molar-refractivity contribution >= 4 is 5.91 Å². The topological polar surface area (TPSA) is 77.5 Å². The molecule has 7 nitrogen and oxygen atoms in total. The fourth-order valence-corrected chi connectivity index (χ4v) is 5.97. The van der Waals surface area contributed by atoms with Gasteiger partial charge in [-0.3, -0.25) is 14.5 Å². The number of carbonyl (C=O) groups is 1. The molecule has 2 saturated heterocycles. The van der Waals surface area contributed by atoms with Crippen LogP contribution in [0.4, 0.5) is 0 Å². The van der Waals surface area contributed by atoms with Gasteiger partial charge in [0.05, 0.1) is 6.54 Å². The number of piperidine rings is 2. The molecule has 0 spiro atoms. The van der Waals surface area contributed by atoms with E-state index in [1.54, 1.807) is 6.07 Å². The lowest BCUT2D eigenvalue weighted by molar-refractivity contribution is -0.290. The molecule has 1 radical (unpaired) electrons. The number of rotatable bonds is 3. The van der Waals surface area contributed by atoms with Gasteiger partial charge in [-0.05, 0) is 58.9 Å². The molecule has 3 aliphatic rings. The molecule has 4 rings (SSSR count). The summed E-state index contributed by atoms with van der Waals surface area (Å²) >= 11 is 0. The van der Waals surface area contributed by atoms with Crippen LogP contribution >= 0.6 is 0 Å². The summed E-state index contributed by atoms with van der Waals surface area (Å²) in [5, 5.41) is 16.9. The van der Waals surface area contributed by atoms with Crippen molar-refractivity contribution in [3.63, 3.8) is 0 Å². The van der Waals surface area contributed by atoms with E-state index in [0.29, 0.717) is 31.2 Å². The van der Waals surface area contributed by atoms with Gasteiger partial charge in [-0.15, -0.1) is 10.3 Å². The molecule has 1 aromatic rings. The second kappa shape index (κ2) is 7.22. The van der Waals surface area contributed by atoms with Gasteiger partial charge in [-0.25, -0.2) is 0 Å². The molecule has 29 heavy (non-hydrogen) atoms. The normalized spacial score (nSPS) is 29.3. The number of likely N-dealkylation sites (tertiary alicyclic amines) is 1. The summed E-state index contributed by atoms with van der Waals surface area (Å²) in [6, 6.07) is 5.53. The molecule has 1 aromatic heterocycles. The zero-order chi connectivity index (χ0) is 21.0. The number of aromatic nitrogens is 1. The zero-order valence-corrected chi connectivity index (χ0v) is 18.0. The smallest absolute Gasteiger partial charge is 0.250 e. The highest BCUT2D eigenvalue weighted by atomic mass is 16.5. The predicted octanol–water partition coefficient (Wildman–Crippen LogP) is 1.75. The Balaban J connectivity index is 1.38. The Bertz CT molecular complexity index is 829. The Labute approximate surface area is 172 Å². The number of nitrogens with zero attached hydrogens (tertiary/aromatic N) is 3. The number of amides is 1. The van der Waals surface area contributed by atoms with Crippen LogP contribution in [0.2, 0.25) is 0 Å². The number of hydrogen-bond donors (Lipinski definition) is 1. The molecular formula is C22H33N4O3. The fourth-order valence-electron chi connectivity index (χ4n) is 5.97. The van der Waals surface area contributed by atoms with Gasteiger partial charge >= 0.3 is 0 Å². The van der Waals surface area contributed by atoms with E-state index in [9.17, 15) is 14.8 Å². The van der Waals surface area contributed by atoms with Gasteiger partial charge in [0.2, 0.25) is 5.91 Å². The number of pyridine rings is 1. The first-order valence-electron chi connectivity index (χ1n) is 10.7. The molecule has 2 fully saturated rings. The van der Waals surface area contributed by atoms with Gasteiger partial charge in [0.25, 0.3) is 5.56 Å². The minimum Gasteiger partial charge on any atom is -0.352 e. The molecule has 2 atom stereocenters. The Kier molecular flexibility index (Phi) is 5.12. The second-order valence-corrected chi connectivity index (χ2v) is 10.5. The van der Waals surface area contributed by atoms with Gasteiger partial charge in [-0.2, -0.15) is 0 Å². The first kappa shape index (κ1) is 20.6. The molecule has 0 aliphatic carbocycles. The van der Waals surface area contributed by atoms with Crippen LogP contribution in [0.3, 0.4) is 0 Å². The molecular weight excluding hydrogens is 368 g/mol. The Hall–Kier alpha value is -1.70. The standard InChI is InChI=1S/C22H33N4O3/c1-21(2)9-17(10-22(3,4)26(21)29)23-19(27)14-24-11-15-8-16(13-24)18-6-5-7-20(28)25(18)12-15/h5-7,15-17H,8-14H2,1-4H3,(H,23,27)/t15-,16+/m1/s1. The molecule has 0 saturated carbocycles. The van der Waals surface area contributed by atoms with E-state index < -0.39 is 11.1 Å². The lowest BCUT2D eigenvalue weighted by Gasteiger charge is -2.50.